The molecule has 4 nitrogen and oxygen atoms in total. The van der Waals surface area contributed by atoms with E-state index >= 15 is 0 Å². The van der Waals surface area contributed by atoms with Gasteiger partial charge in [0.1, 0.15) is 0 Å². The molecule has 0 bridgehead atoms. The number of sulfonamides is 1. The van der Waals surface area contributed by atoms with Gasteiger partial charge in [-0.25, -0.2) is 8.42 Å². The molecule has 0 aromatic carbocycles. The zero-order valence-electron chi connectivity index (χ0n) is 11.8. The van der Waals surface area contributed by atoms with Crippen LogP contribution in [-0.2, 0) is 10.0 Å². The Hall–Kier alpha value is -0.130. The number of unbranched alkanes of at least 4 members (excludes halogenated alkanes) is 1. The topological polar surface area (TPSA) is 49.4 Å². The maximum Gasteiger partial charge on any atom is 0.214 e. The highest BCUT2D eigenvalue weighted by molar-refractivity contribution is 7.89. The summed E-state index contributed by atoms with van der Waals surface area (Å²) in [5, 5.41) is 3.22. The lowest BCUT2D eigenvalue weighted by Crippen LogP contribution is -2.40. The largest absolute Gasteiger partial charge is 0.317 e. The van der Waals surface area contributed by atoms with Crippen LogP contribution >= 0.6 is 0 Å². The summed E-state index contributed by atoms with van der Waals surface area (Å²) in [6.45, 7) is 6.52. The molecule has 0 atom stereocenters. The molecular formula is C13H28N2O2S. The first-order chi connectivity index (χ1) is 8.61. The van der Waals surface area contributed by atoms with Crippen molar-refractivity contribution in [3.05, 3.63) is 0 Å². The molecule has 0 heterocycles. The second-order valence-electron chi connectivity index (χ2n) is 5.02. The van der Waals surface area contributed by atoms with Gasteiger partial charge in [0.05, 0.1) is 5.75 Å². The van der Waals surface area contributed by atoms with Gasteiger partial charge in [-0.2, -0.15) is 4.31 Å². The summed E-state index contributed by atoms with van der Waals surface area (Å²) in [7, 11) is -3.04. The molecule has 1 N–H and O–H groups in total. The van der Waals surface area contributed by atoms with Gasteiger partial charge in [-0.15, -0.1) is 0 Å². The van der Waals surface area contributed by atoms with Crippen molar-refractivity contribution in [2.75, 3.05) is 25.4 Å². The van der Waals surface area contributed by atoms with Crippen LogP contribution in [0.1, 0.15) is 52.4 Å². The average molecular weight is 276 g/mol. The van der Waals surface area contributed by atoms with E-state index in [1.54, 1.807) is 4.31 Å². The van der Waals surface area contributed by atoms with Crippen molar-refractivity contribution < 1.29 is 8.42 Å². The zero-order chi connectivity index (χ0) is 13.4. The minimum atomic E-state index is -3.04. The minimum Gasteiger partial charge on any atom is -0.317 e. The summed E-state index contributed by atoms with van der Waals surface area (Å²) in [5.41, 5.74) is 0. The van der Waals surface area contributed by atoms with Crippen LogP contribution in [0.25, 0.3) is 0 Å². The number of nitrogens with zero attached hydrogens (tertiary/aromatic N) is 1. The fraction of sp³-hybridized carbons (Fsp3) is 1.00. The van der Waals surface area contributed by atoms with Gasteiger partial charge in [0, 0.05) is 12.6 Å². The van der Waals surface area contributed by atoms with E-state index in [-0.39, 0.29) is 6.04 Å². The molecule has 0 unspecified atom stereocenters. The zero-order valence-corrected chi connectivity index (χ0v) is 12.6. The van der Waals surface area contributed by atoms with Gasteiger partial charge in [0.25, 0.3) is 0 Å². The standard InChI is InChI=1S/C13H28N2O2S/c1-3-14-11-7-8-12-18(16,17)15(4-2)13-9-5-6-10-13/h13-14H,3-12H2,1-2H3. The van der Waals surface area contributed by atoms with E-state index in [0.717, 1.165) is 38.8 Å². The van der Waals surface area contributed by atoms with Crippen molar-refractivity contribution in [3.8, 4) is 0 Å². The van der Waals surface area contributed by atoms with Crippen LogP contribution in [0.15, 0.2) is 0 Å². The summed E-state index contributed by atoms with van der Waals surface area (Å²) < 4.78 is 26.3. The Balaban J connectivity index is 2.39. The maximum atomic E-state index is 12.3. The molecule has 1 rings (SSSR count). The summed E-state index contributed by atoms with van der Waals surface area (Å²) in [5.74, 6) is 0.308. The Morgan fingerprint density at radius 1 is 1.17 bits per heavy atom. The van der Waals surface area contributed by atoms with Crippen LogP contribution < -0.4 is 5.32 Å². The fourth-order valence-electron chi connectivity index (χ4n) is 2.70. The summed E-state index contributed by atoms with van der Waals surface area (Å²) in [4.78, 5) is 0. The molecule has 0 aromatic heterocycles. The van der Waals surface area contributed by atoms with Crippen LogP contribution in [0, 0.1) is 0 Å². The van der Waals surface area contributed by atoms with Crippen LogP contribution in [0.4, 0.5) is 0 Å². The van der Waals surface area contributed by atoms with Crippen LogP contribution in [0.5, 0.6) is 0 Å². The Labute approximate surface area is 112 Å². The first kappa shape index (κ1) is 15.9. The normalized spacial score (nSPS) is 17.7. The van der Waals surface area contributed by atoms with E-state index in [1.165, 1.54) is 12.8 Å². The van der Waals surface area contributed by atoms with E-state index in [4.69, 9.17) is 0 Å². The molecule has 1 aliphatic carbocycles. The van der Waals surface area contributed by atoms with E-state index < -0.39 is 10.0 Å². The van der Waals surface area contributed by atoms with Crippen molar-refractivity contribution in [1.82, 2.24) is 9.62 Å². The lowest BCUT2D eigenvalue weighted by Gasteiger charge is -2.26. The van der Waals surface area contributed by atoms with E-state index in [9.17, 15) is 8.42 Å². The van der Waals surface area contributed by atoms with Crippen LogP contribution in [0.2, 0.25) is 0 Å². The van der Waals surface area contributed by atoms with Gasteiger partial charge in [-0.05, 0) is 38.8 Å². The van der Waals surface area contributed by atoms with Crippen molar-refractivity contribution >= 4 is 10.0 Å². The molecule has 1 aliphatic rings. The predicted molar refractivity (Wildman–Crippen MR) is 76.2 cm³/mol. The number of nitrogens with one attached hydrogen (secondary N) is 1. The van der Waals surface area contributed by atoms with Crippen molar-refractivity contribution in [2.24, 2.45) is 0 Å². The molecular weight excluding hydrogens is 248 g/mol. The molecule has 5 heteroatoms. The molecule has 0 aliphatic heterocycles. The van der Waals surface area contributed by atoms with Crippen molar-refractivity contribution in [1.29, 1.82) is 0 Å². The average Bonchev–Trinajstić information content (AvgIpc) is 2.83. The first-order valence-electron chi connectivity index (χ1n) is 7.32. The minimum absolute atomic E-state index is 0.272. The van der Waals surface area contributed by atoms with E-state index in [1.807, 2.05) is 6.92 Å². The van der Waals surface area contributed by atoms with Gasteiger partial charge in [0.2, 0.25) is 10.0 Å². The third-order valence-electron chi connectivity index (χ3n) is 3.66. The fourth-order valence-corrected chi connectivity index (χ4v) is 4.56. The highest BCUT2D eigenvalue weighted by atomic mass is 32.2. The van der Waals surface area contributed by atoms with Gasteiger partial charge in [-0.3, -0.25) is 0 Å². The molecule has 0 amide bonds. The Morgan fingerprint density at radius 2 is 1.83 bits per heavy atom. The second-order valence-corrected chi connectivity index (χ2v) is 7.06. The Bertz CT molecular complexity index is 311. The summed E-state index contributed by atoms with van der Waals surface area (Å²) >= 11 is 0. The highest BCUT2D eigenvalue weighted by Crippen LogP contribution is 2.25. The van der Waals surface area contributed by atoms with Crippen LogP contribution in [-0.4, -0.2) is 44.2 Å². The van der Waals surface area contributed by atoms with Gasteiger partial charge in [0.15, 0.2) is 0 Å². The lowest BCUT2D eigenvalue weighted by atomic mass is 10.2. The van der Waals surface area contributed by atoms with Crippen LogP contribution in [0.3, 0.4) is 0 Å². The Morgan fingerprint density at radius 3 is 2.39 bits per heavy atom. The summed E-state index contributed by atoms with van der Waals surface area (Å²) in [6.07, 6.45) is 6.15. The number of rotatable bonds is 9. The highest BCUT2D eigenvalue weighted by Gasteiger charge is 2.29. The van der Waals surface area contributed by atoms with Gasteiger partial charge >= 0.3 is 0 Å². The quantitative estimate of drug-likeness (QED) is 0.655. The third kappa shape index (κ3) is 4.86. The molecule has 0 saturated heterocycles. The second kappa shape index (κ2) is 8.12. The molecule has 108 valence electrons. The monoisotopic (exact) mass is 276 g/mol. The van der Waals surface area contributed by atoms with E-state index in [0.29, 0.717) is 12.3 Å². The Kier molecular flexibility index (Phi) is 7.19. The molecule has 18 heavy (non-hydrogen) atoms. The number of hydrogen-bond acceptors (Lipinski definition) is 3. The number of hydrogen-bond donors (Lipinski definition) is 1. The van der Waals surface area contributed by atoms with Crippen molar-refractivity contribution in [3.63, 3.8) is 0 Å². The molecule has 0 spiro atoms. The molecule has 0 radical (unpaired) electrons. The molecule has 1 fully saturated rings. The first-order valence-corrected chi connectivity index (χ1v) is 8.93. The third-order valence-corrected chi connectivity index (χ3v) is 5.73. The SMILES string of the molecule is CCNCCCCS(=O)(=O)N(CC)C1CCCC1. The summed E-state index contributed by atoms with van der Waals surface area (Å²) in [6, 6.07) is 0.272. The van der Waals surface area contributed by atoms with Crippen molar-refractivity contribution in [2.45, 2.75) is 58.4 Å². The molecule has 1 saturated carbocycles. The lowest BCUT2D eigenvalue weighted by molar-refractivity contribution is 0.335. The maximum absolute atomic E-state index is 12.3. The predicted octanol–water partition coefficient (Wildman–Crippen LogP) is 1.97. The van der Waals surface area contributed by atoms with Gasteiger partial charge in [-0.1, -0.05) is 26.7 Å². The van der Waals surface area contributed by atoms with E-state index in [2.05, 4.69) is 12.2 Å². The molecule has 0 aromatic rings. The smallest absolute Gasteiger partial charge is 0.214 e. The van der Waals surface area contributed by atoms with Gasteiger partial charge < -0.3 is 5.32 Å².